The number of halogens is 2. The predicted octanol–water partition coefficient (Wildman–Crippen LogP) is 2.39. The molecule has 10 heteroatoms. The molecule has 0 radical (unpaired) electrons. The van der Waals surface area contributed by atoms with Gasteiger partial charge in [0.15, 0.2) is 5.52 Å². The average Bonchev–Trinajstić information content (AvgIpc) is 3.09. The van der Waals surface area contributed by atoms with Gasteiger partial charge in [-0.1, -0.05) is 0 Å². The van der Waals surface area contributed by atoms with Crippen LogP contribution in [-0.4, -0.2) is 45.3 Å². The zero-order valence-corrected chi connectivity index (χ0v) is 16.0. The van der Waals surface area contributed by atoms with Crippen molar-refractivity contribution in [2.75, 3.05) is 24.6 Å². The van der Waals surface area contributed by atoms with E-state index >= 15 is 0 Å². The number of fused-ring (bicyclic) bond motifs is 1. The van der Waals surface area contributed by atoms with Gasteiger partial charge in [0.05, 0.1) is 10.4 Å². The van der Waals surface area contributed by atoms with Crippen LogP contribution in [0, 0.1) is 10.1 Å². The van der Waals surface area contributed by atoms with Crippen molar-refractivity contribution in [2.24, 2.45) is 5.73 Å². The van der Waals surface area contributed by atoms with Gasteiger partial charge in [0, 0.05) is 36.8 Å². The lowest BCUT2D eigenvalue weighted by Gasteiger charge is -2.18. The smallest absolute Gasteiger partial charge is 0.312 e. The first-order valence-corrected chi connectivity index (χ1v) is 9.16. The third-order valence-electron chi connectivity index (χ3n) is 4.12. The summed E-state index contributed by atoms with van der Waals surface area (Å²) in [5, 5.41) is 20.7. The SMILES string of the molecule is N[C@@H]1CCN(c2nc3c([N+](=O)[O-])c(Br)c(Br)cc3n2CCCO)C1. The minimum Gasteiger partial charge on any atom is -0.396 e. The number of aryl methyl sites for hydroxylation is 1. The van der Waals surface area contributed by atoms with Crippen molar-refractivity contribution in [3.63, 3.8) is 0 Å². The Morgan fingerprint density at radius 1 is 1.50 bits per heavy atom. The highest BCUT2D eigenvalue weighted by Gasteiger charge is 2.29. The molecule has 8 nitrogen and oxygen atoms in total. The van der Waals surface area contributed by atoms with E-state index in [-0.39, 0.29) is 18.3 Å². The summed E-state index contributed by atoms with van der Waals surface area (Å²) in [5.41, 5.74) is 6.93. The van der Waals surface area contributed by atoms with E-state index in [1.807, 2.05) is 15.5 Å². The highest BCUT2D eigenvalue weighted by Crippen LogP contribution is 2.40. The summed E-state index contributed by atoms with van der Waals surface area (Å²) in [4.78, 5) is 17.7. The largest absolute Gasteiger partial charge is 0.396 e. The fraction of sp³-hybridized carbons (Fsp3) is 0.500. The summed E-state index contributed by atoms with van der Waals surface area (Å²) < 4.78 is 2.89. The van der Waals surface area contributed by atoms with Gasteiger partial charge in [-0.2, -0.15) is 0 Å². The van der Waals surface area contributed by atoms with Crippen LogP contribution in [0.3, 0.4) is 0 Å². The molecule has 2 aromatic rings. The maximum absolute atomic E-state index is 11.5. The number of nitro groups is 1. The fourth-order valence-electron chi connectivity index (χ4n) is 3.00. The van der Waals surface area contributed by atoms with Crippen molar-refractivity contribution < 1.29 is 10.0 Å². The van der Waals surface area contributed by atoms with Crippen LogP contribution in [0.15, 0.2) is 15.0 Å². The van der Waals surface area contributed by atoms with E-state index in [4.69, 9.17) is 5.73 Å². The zero-order chi connectivity index (χ0) is 17.4. The number of hydrogen-bond donors (Lipinski definition) is 2. The second kappa shape index (κ2) is 6.95. The zero-order valence-electron chi connectivity index (χ0n) is 12.8. The number of benzene rings is 1. The minimum absolute atomic E-state index is 0.0401. The van der Waals surface area contributed by atoms with E-state index in [1.54, 1.807) is 0 Å². The Kier molecular flexibility index (Phi) is 5.09. The maximum atomic E-state index is 11.5. The number of nitrogens with zero attached hydrogens (tertiary/aromatic N) is 4. The van der Waals surface area contributed by atoms with E-state index in [1.165, 1.54) is 0 Å². The van der Waals surface area contributed by atoms with Crippen LogP contribution in [0.2, 0.25) is 0 Å². The molecular weight excluding hydrogens is 446 g/mol. The van der Waals surface area contributed by atoms with Crippen LogP contribution >= 0.6 is 31.9 Å². The number of nitrogens with two attached hydrogens (primary N) is 1. The molecule has 0 saturated carbocycles. The number of hydrogen-bond acceptors (Lipinski definition) is 6. The molecule has 1 saturated heterocycles. The van der Waals surface area contributed by atoms with Crippen molar-refractivity contribution >= 4 is 54.5 Å². The van der Waals surface area contributed by atoms with E-state index in [9.17, 15) is 15.2 Å². The average molecular weight is 463 g/mol. The van der Waals surface area contributed by atoms with E-state index in [0.717, 1.165) is 13.0 Å². The number of aliphatic hydroxyl groups is 1. The van der Waals surface area contributed by atoms with Gasteiger partial charge >= 0.3 is 5.69 Å². The van der Waals surface area contributed by atoms with Crippen molar-refractivity contribution in [1.82, 2.24) is 9.55 Å². The third kappa shape index (κ3) is 3.03. The Bertz CT molecular complexity index is 795. The molecule has 0 unspecified atom stereocenters. The molecule has 2 heterocycles. The number of aromatic nitrogens is 2. The Morgan fingerprint density at radius 3 is 2.83 bits per heavy atom. The summed E-state index contributed by atoms with van der Waals surface area (Å²) in [7, 11) is 0. The number of rotatable bonds is 5. The first-order chi connectivity index (χ1) is 11.4. The number of imidazole rings is 1. The molecule has 1 aromatic carbocycles. The van der Waals surface area contributed by atoms with Crippen LogP contribution in [0.1, 0.15) is 12.8 Å². The third-order valence-corrected chi connectivity index (χ3v) is 6.08. The molecule has 3 rings (SSSR count). The fourth-order valence-corrected chi connectivity index (χ4v) is 3.85. The monoisotopic (exact) mass is 461 g/mol. The highest BCUT2D eigenvalue weighted by molar-refractivity contribution is 9.13. The lowest BCUT2D eigenvalue weighted by Crippen LogP contribution is -2.28. The molecule has 1 aliphatic heterocycles. The summed E-state index contributed by atoms with van der Waals surface area (Å²) in [5.74, 6) is 0.666. The first-order valence-electron chi connectivity index (χ1n) is 7.58. The van der Waals surface area contributed by atoms with Gasteiger partial charge in [-0.15, -0.1) is 0 Å². The molecule has 1 aliphatic rings. The molecule has 0 spiro atoms. The van der Waals surface area contributed by atoms with Crippen molar-refractivity contribution in [3.8, 4) is 0 Å². The Balaban J connectivity index is 2.23. The number of aliphatic hydroxyl groups excluding tert-OH is 1. The molecule has 0 aliphatic carbocycles. The van der Waals surface area contributed by atoms with Gasteiger partial charge in [0.25, 0.3) is 0 Å². The van der Waals surface area contributed by atoms with Gasteiger partial charge in [0.1, 0.15) is 4.47 Å². The van der Waals surface area contributed by atoms with Crippen molar-refractivity contribution in [2.45, 2.75) is 25.4 Å². The lowest BCUT2D eigenvalue weighted by atomic mass is 10.2. The number of nitro benzene ring substituents is 1. The molecule has 1 aromatic heterocycles. The molecule has 1 fully saturated rings. The van der Waals surface area contributed by atoms with E-state index < -0.39 is 4.92 Å². The van der Waals surface area contributed by atoms with Crippen molar-refractivity contribution in [3.05, 3.63) is 25.1 Å². The molecule has 0 bridgehead atoms. The Hall–Kier alpha value is -1.23. The molecule has 130 valence electrons. The van der Waals surface area contributed by atoms with Gasteiger partial charge in [-0.05, 0) is 50.8 Å². The van der Waals surface area contributed by atoms with Gasteiger partial charge in [0.2, 0.25) is 5.95 Å². The number of anilines is 1. The van der Waals surface area contributed by atoms with Gasteiger partial charge < -0.3 is 20.3 Å². The first kappa shape index (κ1) is 17.6. The summed E-state index contributed by atoms with van der Waals surface area (Å²) in [6, 6.07) is 1.89. The molecule has 24 heavy (non-hydrogen) atoms. The van der Waals surface area contributed by atoms with Crippen LogP contribution < -0.4 is 10.6 Å². The van der Waals surface area contributed by atoms with Crippen LogP contribution in [0.4, 0.5) is 11.6 Å². The molecular formula is C14H17Br2N5O3. The van der Waals surface area contributed by atoms with E-state index in [2.05, 4.69) is 36.8 Å². The van der Waals surface area contributed by atoms with E-state index in [0.29, 0.717) is 45.4 Å². The lowest BCUT2D eigenvalue weighted by molar-refractivity contribution is -0.384. The topological polar surface area (TPSA) is 110 Å². The van der Waals surface area contributed by atoms with Crippen LogP contribution in [0.5, 0.6) is 0 Å². The summed E-state index contributed by atoms with van der Waals surface area (Å²) in [6.07, 6.45) is 1.40. The normalized spacial score (nSPS) is 17.8. The minimum atomic E-state index is -0.430. The highest BCUT2D eigenvalue weighted by atomic mass is 79.9. The van der Waals surface area contributed by atoms with Crippen LogP contribution in [-0.2, 0) is 6.54 Å². The molecule has 3 N–H and O–H groups in total. The van der Waals surface area contributed by atoms with Crippen molar-refractivity contribution in [1.29, 1.82) is 0 Å². The molecule has 1 atom stereocenters. The quantitative estimate of drug-likeness (QED) is 0.521. The van der Waals surface area contributed by atoms with Gasteiger partial charge in [-0.3, -0.25) is 10.1 Å². The standard InChI is InChI=1S/C14H17Br2N5O3/c15-9-6-10-12(13(11(9)16)21(23)24)18-14(20(10)3-1-5-22)19-4-2-8(17)7-19/h6,8,22H,1-5,7,17H2/t8-/m1/s1. The maximum Gasteiger partial charge on any atom is 0.312 e. The second-order valence-corrected chi connectivity index (χ2v) is 7.43. The van der Waals surface area contributed by atoms with Crippen LogP contribution in [0.25, 0.3) is 11.0 Å². The predicted molar refractivity (Wildman–Crippen MR) is 98.3 cm³/mol. The Labute approximate surface area is 155 Å². The Morgan fingerprint density at radius 2 is 2.25 bits per heavy atom. The summed E-state index contributed by atoms with van der Waals surface area (Å²) in [6.45, 7) is 2.00. The summed E-state index contributed by atoms with van der Waals surface area (Å²) >= 11 is 6.63. The van der Waals surface area contributed by atoms with Gasteiger partial charge in [-0.25, -0.2) is 4.98 Å². The second-order valence-electron chi connectivity index (χ2n) is 5.78. The molecule has 0 amide bonds.